The van der Waals surface area contributed by atoms with Crippen molar-refractivity contribution in [1.82, 2.24) is 4.40 Å². The highest BCUT2D eigenvalue weighted by atomic mass is 31.0. The lowest BCUT2D eigenvalue weighted by Crippen LogP contribution is -1.73. The van der Waals surface area contributed by atoms with Crippen LogP contribution in [0.4, 0.5) is 0 Å². The van der Waals surface area contributed by atoms with Gasteiger partial charge in [-0.2, -0.15) is 0 Å². The Hall–Kier alpha value is -1.20. The monoisotopic (exact) mass is 173 g/mol. The van der Waals surface area contributed by atoms with Crippen molar-refractivity contribution in [2.45, 2.75) is 0 Å². The topological polar surface area (TPSA) is 4.41 Å². The van der Waals surface area contributed by atoms with Crippen LogP contribution in [0.3, 0.4) is 0 Å². The summed E-state index contributed by atoms with van der Waals surface area (Å²) >= 11 is 0. The van der Waals surface area contributed by atoms with E-state index in [1.807, 2.05) is 0 Å². The van der Waals surface area contributed by atoms with Crippen molar-refractivity contribution in [3.63, 3.8) is 0 Å². The van der Waals surface area contributed by atoms with Gasteiger partial charge in [0, 0.05) is 11.3 Å². The highest BCUT2D eigenvalue weighted by Gasteiger charge is 1.99. The molecule has 1 atom stereocenters. The first kappa shape index (κ1) is 6.33. The number of fused-ring (bicyclic) bond motifs is 3. The molecule has 0 aliphatic rings. The Morgan fingerprint density at radius 1 is 1.00 bits per heavy atom. The smallest absolute Gasteiger partial charge is 0.0623 e. The first-order chi connectivity index (χ1) is 5.95. The number of nitrogens with zero attached hydrogens (tertiary/aromatic N) is 1. The molecule has 0 bridgehead atoms. The van der Waals surface area contributed by atoms with E-state index in [-0.39, 0.29) is 0 Å². The summed E-state index contributed by atoms with van der Waals surface area (Å²) < 4.78 is 2.27. The number of benzene rings is 1. The van der Waals surface area contributed by atoms with E-state index in [4.69, 9.17) is 0 Å². The summed E-state index contributed by atoms with van der Waals surface area (Å²) in [7, 11) is 0.838. The molecule has 0 amide bonds. The Morgan fingerprint density at radius 3 is 2.92 bits per heavy atom. The summed E-state index contributed by atoms with van der Waals surface area (Å²) in [5, 5.41) is 2.89. The molecular weight excluding hydrogens is 165 g/mol. The SMILES string of the molecule is c1ccc2c(c1)[pH]c1cccn12. The molecule has 12 heavy (non-hydrogen) atoms. The third kappa shape index (κ3) is 0.693. The zero-order chi connectivity index (χ0) is 7.97. The van der Waals surface area contributed by atoms with Crippen molar-refractivity contribution in [3.05, 3.63) is 42.6 Å². The molecule has 1 nitrogen and oxygen atoms in total. The third-order valence-electron chi connectivity index (χ3n) is 2.18. The molecule has 0 radical (unpaired) electrons. The van der Waals surface area contributed by atoms with E-state index in [0.29, 0.717) is 0 Å². The molecule has 0 aliphatic heterocycles. The van der Waals surface area contributed by atoms with E-state index < -0.39 is 0 Å². The first-order valence-corrected chi connectivity index (χ1v) is 4.99. The zero-order valence-corrected chi connectivity index (χ0v) is 7.49. The predicted molar refractivity (Wildman–Crippen MR) is 54.4 cm³/mol. The van der Waals surface area contributed by atoms with E-state index in [9.17, 15) is 0 Å². The maximum Gasteiger partial charge on any atom is 0.0623 e. The molecule has 2 heterocycles. The molecule has 3 aromatic rings. The number of hydrogen-bond acceptors (Lipinski definition) is 0. The second kappa shape index (κ2) is 2.15. The number of para-hydroxylation sites is 1. The zero-order valence-electron chi connectivity index (χ0n) is 6.49. The van der Waals surface area contributed by atoms with Gasteiger partial charge in [0.25, 0.3) is 0 Å². The van der Waals surface area contributed by atoms with Crippen molar-refractivity contribution < 1.29 is 0 Å². The summed E-state index contributed by atoms with van der Waals surface area (Å²) in [6, 6.07) is 12.9. The standard InChI is InChI=1S/C10H8NP/c1-2-5-9-8(4-1)11-7-3-6-10(11)12-9/h1-7,12H. The largest absolute Gasteiger partial charge is 0.313 e. The molecular formula is C10H8NP. The minimum absolute atomic E-state index is 0.838. The van der Waals surface area contributed by atoms with Gasteiger partial charge in [-0.15, -0.1) is 8.19 Å². The van der Waals surface area contributed by atoms with Crippen molar-refractivity contribution in [3.8, 4) is 0 Å². The lowest BCUT2D eigenvalue weighted by atomic mass is 10.3. The maximum absolute atomic E-state index is 2.27. The van der Waals surface area contributed by atoms with E-state index in [1.54, 1.807) is 0 Å². The molecule has 0 spiro atoms. The summed E-state index contributed by atoms with van der Waals surface area (Å²) in [5.41, 5.74) is 1.36. The minimum Gasteiger partial charge on any atom is -0.313 e. The molecule has 0 fully saturated rings. The molecule has 0 saturated carbocycles. The summed E-state index contributed by atoms with van der Waals surface area (Å²) in [6.45, 7) is 0. The van der Waals surface area contributed by atoms with Gasteiger partial charge in [-0.25, -0.2) is 0 Å². The lowest BCUT2D eigenvalue weighted by molar-refractivity contribution is 1.31. The van der Waals surface area contributed by atoms with Gasteiger partial charge in [0.1, 0.15) is 0 Å². The fourth-order valence-corrected chi connectivity index (χ4v) is 2.90. The molecule has 0 N–H and O–H groups in total. The van der Waals surface area contributed by atoms with Crippen LogP contribution in [0.25, 0.3) is 15.9 Å². The third-order valence-corrected chi connectivity index (χ3v) is 3.53. The Morgan fingerprint density at radius 2 is 1.92 bits per heavy atom. The average Bonchev–Trinajstić information content (AvgIpc) is 2.62. The Kier molecular flexibility index (Phi) is 1.13. The number of rotatable bonds is 0. The average molecular weight is 173 g/mol. The Balaban J connectivity index is 2.68. The second-order valence-corrected chi connectivity index (χ2v) is 4.21. The molecule has 0 aliphatic carbocycles. The molecule has 58 valence electrons. The van der Waals surface area contributed by atoms with Crippen LogP contribution in [0.15, 0.2) is 42.6 Å². The highest BCUT2D eigenvalue weighted by molar-refractivity contribution is 7.42. The summed E-state index contributed by atoms with van der Waals surface area (Å²) in [4.78, 5) is 0. The van der Waals surface area contributed by atoms with Gasteiger partial charge in [-0.05, 0) is 24.3 Å². The first-order valence-electron chi connectivity index (χ1n) is 3.99. The normalized spacial score (nSPS) is 12.0. The van der Waals surface area contributed by atoms with Crippen molar-refractivity contribution >= 4 is 24.1 Å². The van der Waals surface area contributed by atoms with Gasteiger partial charge in [-0.3, -0.25) is 0 Å². The predicted octanol–water partition coefficient (Wildman–Crippen LogP) is 3.12. The van der Waals surface area contributed by atoms with Gasteiger partial charge < -0.3 is 4.40 Å². The summed E-state index contributed by atoms with van der Waals surface area (Å²) in [6.07, 6.45) is 2.13. The highest BCUT2D eigenvalue weighted by Crippen LogP contribution is 2.30. The fraction of sp³-hybridized carbons (Fsp3) is 0. The number of hydrogen-bond donors (Lipinski definition) is 0. The van der Waals surface area contributed by atoms with Crippen LogP contribution in [0.5, 0.6) is 0 Å². The van der Waals surface area contributed by atoms with E-state index >= 15 is 0 Å². The van der Waals surface area contributed by atoms with Gasteiger partial charge >= 0.3 is 0 Å². The van der Waals surface area contributed by atoms with Gasteiger partial charge in [0.2, 0.25) is 0 Å². The van der Waals surface area contributed by atoms with Gasteiger partial charge in [0.15, 0.2) is 0 Å². The van der Waals surface area contributed by atoms with E-state index in [1.165, 1.54) is 15.9 Å². The van der Waals surface area contributed by atoms with Crippen molar-refractivity contribution in [2.75, 3.05) is 0 Å². The van der Waals surface area contributed by atoms with Crippen LogP contribution in [-0.4, -0.2) is 4.40 Å². The fourth-order valence-electron chi connectivity index (χ4n) is 1.62. The minimum atomic E-state index is 0.838. The van der Waals surface area contributed by atoms with Crippen LogP contribution in [0.1, 0.15) is 0 Å². The van der Waals surface area contributed by atoms with E-state index in [0.717, 1.165) is 8.19 Å². The van der Waals surface area contributed by atoms with Crippen LogP contribution < -0.4 is 0 Å². The van der Waals surface area contributed by atoms with Crippen molar-refractivity contribution in [2.24, 2.45) is 0 Å². The van der Waals surface area contributed by atoms with Crippen LogP contribution in [-0.2, 0) is 0 Å². The van der Waals surface area contributed by atoms with Gasteiger partial charge in [0.05, 0.1) is 10.8 Å². The quantitative estimate of drug-likeness (QED) is 0.492. The molecule has 2 heteroatoms. The Bertz CT molecular complexity index is 532. The molecule has 2 aromatic heterocycles. The maximum atomic E-state index is 2.27. The number of aromatic nitrogens is 1. The van der Waals surface area contributed by atoms with Crippen LogP contribution in [0, 0.1) is 0 Å². The molecule has 1 unspecified atom stereocenters. The van der Waals surface area contributed by atoms with Gasteiger partial charge in [-0.1, -0.05) is 12.1 Å². The second-order valence-electron chi connectivity index (χ2n) is 2.91. The summed E-state index contributed by atoms with van der Waals surface area (Å²) in [5.74, 6) is 0. The molecule has 1 aromatic carbocycles. The van der Waals surface area contributed by atoms with Crippen LogP contribution >= 0.6 is 8.19 Å². The Labute approximate surface area is 71.7 Å². The van der Waals surface area contributed by atoms with Crippen molar-refractivity contribution in [1.29, 1.82) is 0 Å². The van der Waals surface area contributed by atoms with E-state index in [2.05, 4.69) is 47.0 Å². The van der Waals surface area contributed by atoms with Crippen LogP contribution in [0.2, 0.25) is 0 Å². The lowest BCUT2D eigenvalue weighted by Gasteiger charge is -1.88. The molecule has 3 rings (SSSR count). The molecule has 0 saturated heterocycles.